The highest BCUT2D eigenvalue weighted by Crippen LogP contribution is 2.35. The number of likely N-dealkylation sites (N-methyl/N-ethyl adjacent to an activating group) is 1. The zero-order valence-corrected chi connectivity index (χ0v) is 12.9. The molecule has 0 amide bonds. The van der Waals surface area contributed by atoms with Gasteiger partial charge in [-0.3, -0.25) is 0 Å². The summed E-state index contributed by atoms with van der Waals surface area (Å²) in [5.41, 5.74) is -1.79. The van der Waals surface area contributed by atoms with E-state index in [1.54, 1.807) is 25.8 Å². The molecule has 1 atom stereocenters. The molecule has 0 bridgehead atoms. The lowest BCUT2D eigenvalue weighted by molar-refractivity contribution is -0.139. The van der Waals surface area contributed by atoms with Crippen LogP contribution in [-0.2, 0) is 6.18 Å². The summed E-state index contributed by atoms with van der Waals surface area (Å²) < 4.78 is 43.5. The fourth-order valence-corrected chi connectivity index (χ4v) is 2.15. The minimum absolute atomic E-state index is 0.179. The van der Waals surface area contributed by atoms with Gasteiger partial charge < -0.3 is 19.8 Å². The number of aliphatic hydroxyl groups excluding tert-OH is 1. The molecule has 0 aliphatic rings. The number of aliphatic hydroxyl groups is 2. The molecular formula is C15H22F3NO3. The minimum Gasteiger partial charge on any atom is -0.490 e. The number of nitrogens with zero attached hydrogens (tertiary/aromatic N) is 1. The van der Waals surface area contributed by atoms with Gasteiger partial charge in [0.15, 0.2) is 0 Å². The zero-order valence-electron chi connectivity index (χ0n) is 12.9. The Labute approximate surface area is 128 Å². The van der Waals surface area contributed by atoms with Crippen LogP contribution in [0.25, 0.3) is 0 Å². The van der Waals surface area contributed by atoms with Crippen LogP contribution in [0.2, 0.25) is 0 Å². The molecule has 4 nitrogen and oxygen atoms in total. The summed E-state index contributed by atoms with van der Waals surface area (Å²) in [6.45, 7) is 3.50. The maximum absolute atomic E-state index is 12.8. The van der Waals surface area contributed by atoms with Gasteiger partial charge in [0.1, 0.15) is 18.5 Å². The molecule has 0 saturated carbocycles. The van der Waals surface area contributed by atoms with Gasteiger partial charge in [-0.25, -0.2) is 0 Å². The highest BCUT2D eigenvalue weighted by molar-refractivity contribution is 5.35. The molecule has 22 heavy (non-hydrogen) atoms. The van der Waals surface area contributed by atoms with Crippen LogP contribution in [0.15, 0.2) is 24.3 Å². The van der Waals surface area contributed by atoms with Gasteiger partial charge in [0.25, 0.3) is 0 Å². The average Bonchev–Trinajstić information content (AvgIpc) is 2.33. The van der Waals surface area contributed by atoms with Crippen LogP contribution in [0.1, 0.15) is 19.4 Å². The van der Waals surface area contributed by atoms with Crippen molar-refractivity contribution >= 4 is 0 Å². The van der Waals surface area contributed by atoms with Crippen molar-refractivity contribution in [3.05, 3.63) is 29.8 Å². The third-order valence-corrected chi connectivity index (χ3v) is 2.80. The molecule has 2 N–H and O–H groups in total. The smallest absolute Gasteiger partial charge is 0.419 e. The van der Waals surface area contributed by atoms with Gasteiger partial charge in [-0.1, -0.05) is 12.1 Å². The fraction of sp³-hybridized carbons (Fsp3) is 0.600. The molecule has 0 saturated heterocycles. The van der Waals surface area contributed by atoms with Crippen LogP contribution in [0.4, 0.5) is 13.2 Å². The second kappa shape index (κ2) is 7.30. The topological polar surface area (TPSA) is 52.9 Å². The van der Waals surface area contributed by atoms with Crippen molar-refractivity contribution in [2.45, 2.75) is 31.7 Å². The Morgan fingerprint density at radius 1 is 1.23 bits per heavy atom. The van der Waals surface area contributed by atoms with E-state index in [9.17, 15) is 23.4 Å². The summed E-state index contributed by atoms with van der Waals surface area (Å²) in [7, 11) is 1.70. The quantitative estimate of drug-likeness (QED) is 0.808. The SMILES string of the molecule is CN(CC(O)COc1ccccc1C(F)(F)F)CC(C)(C)O. The highest BCUT2D eigenvalue weighted by atomic mass is 19.4. The summed E-state index contributed by atoms with van der Waals surface area (Å²) in [6.07, 6.45) is -5.46. The molecule has 0 heterocycles. The lowest BCUT2D eigenvalue weighted by atomic mass is 10.1. The first kappa shape index (κ1) is 18.7. The molecule has 126 valence electrons. The second-order valence-electron chi connectivity index (χ2n) is 5.97. The Balaban J connectivity index is 2.57. The Bertz CT molecular complexity index is 472. The van der Waals surface area contributed by atoms with E-state index in [1.165, 1.54) is 18.2 Å². The summed E-state index contributed by atoms with van der Waals surface area (Å²) >= 11 is 0. The van der Waals surface area contributed by atoms with E-state index < -0.39 is 23.4 Å². The first-order valence-electron chi connectivity index (χ1n) is 6.87. The summed E-state index contributed by atoms with van der Waals surface area (Å²) in [4.78, 5) is 1.68. The van der Waals surface area contributed by atoms with Crippen molar-refractivity contribution in [1.29, 1.82) is 0 Å². The Hall–Kier alpha value is -1.31. The summed E-state index contributed by atoms with van der Waals surface area (Å²) in [6, 6.07) is 4.87. The highest BCUT2D eigenvalue weighted by Gasteiger charge is 2.34. The third-order valence-electron chi connectivity index (χ3n) is 2.80. The number of para-hydroxylation sites is 1. The Morgan fingerprint density at radius 2 is 1.82 bits per heavy atom. The van der Waals surface area contributed by atoms with Gasteiger partial charge in [-0.05, 0) is 33.0 Å². The minimum atomic E-state index is -4.50. The van der Waals surface area contributed by atoms with Crippen LogP contribution in [0, 0.1) is 0 Å². The molecule has 0 fully saturated rings. The van der Waals surface area contributed by atoms with E-state index in [4.69, 9.17) is 4.74 Å². The Kier molecular flexibility index (Phi) is 6.22. The molecule has 1 aromatic carbocycles. The molecule has 1 unspecified atom stereocenters. The number of ether oxygens (including phenoxy) is 1. The number of halogens is 3. The van der Waals surface area contributed by atoms with Gasteiger partial charge in [0.2, 0.25) is 0 Å². The monoisotopic (exact) mass is 321 g/mol. The van der Waals surface area contributed by atoms with Crippen LogP contribution >= 0.6 is 0 Å². The number of hydrogen-bond donors (Lipinski definition) is 2. The molecule has 0 aromatic heterocycles. The van der Waals surface area contributed by atoms with Crippen molar-refractivity contribution in [2.24, 2.45) is 0 Å². The number of alkyl halides is 3. The van der Waals surface area contributed by atoms with Gasteiger partial charge in [0, 0.05) is 13.1 Å². The first-order valence-corrected chi connectivity index (χ1v) is 6.87. The predicted molar refractivity (Wildman–Crippen MR) is 76.7 cm³/mol. The van der Waals surface area contributed by atoms with Crippen molar-refractivity contribution in [1.82, 2.24) is 4.90 Å². The molecule has 1 rings (SSSR count). The van der Waals surface area contributed by atoms with Crippen LogP contribution in [0.5, 0.6) is 5.75 Å². The molecule has 1 aromatic rings. The maximum Gasteiger partial charge on any atom is 0.419 e. The molecule has 0 aliphatic carbocycles. The number of rotatable bonds is 7. The summed E-state index contributed by atoms with van der Waals surface area (Å²) in [5.74, 6) is -0.306. The van der Waals surface area contributed by atoms with E-state index in [1.807, 2.05) is 0 Å². The molecule has 0 spiro atoms. The van der Waals surface area contributed by atoms with Crippen LogP contribution in [-0.4, -0.2) is 53.6 Å². The van der Waals surface area contributed by atoms with Crippen molar-refractivity contribution < 1.29 is 28.1 Å². The molecular weight excluding hydrogens is 299 g/mol. The van der Waals surface area contributed by atoms with E-state index in [-0.39, 0.29) is 18.9 Å². The third kappa shape index (κ3) is 6.64. The second-order valence-corrected chi connectivity index (χ2v) is 5.97. The summed E-state index contributed by atoms with van der Waals surface area (Å²) in [5, 5.41) is 19.5. The van der Waals surface area contributed by atoms with Crippen LogP contribution in [0.3, 0.4) is 0 Å². The predicted octanol–water partition coefficient (Wildman–Crippen LogP) is 2.15. The lowest BCUT2D eigenvalue weighted by Gasteiger charge is -2.27. The van der Waals surface area contributed by atoms with Gasteiger partial charge in [-0.15, -0.1) is 0 Å². The molecule has 0 radical (unpaired) electrons. The van der Waals surface area contributed by atoms with E-state index in [0.29, 0.717) is 6.54 Å². The van der Waals surface area contributed by atoms with E-state index in [2.05, 4.69) is 0 Å². The number of hydrogen-bond acceptors (Lipinski definition) is 4. The molecule has 7 heteroatoms. The van der Waals surface area contributed by atoms with Crippen molar-refractivity contribution in [3.63, 3.8) is 0 Å². The zero-order chi connectivity index (χ0) is 17.0. The molecule has 0 aliphatic heterocycles. The Morgan fingerprint density at radius 3 is 2.36 bits per heavy atom. The van der Waals surface area contributed by atoms with Gasteiger partial charge >= 0.3 is 6.18 Å². The lowest BCUT2D eigenvalue weighted by Crippen LogP contribution is -2.41. The van der Waals surface area contributed by atoms with Crippen LogP contribution < -0.4 is 4.74 Å². The van der Waals surface area contributed by atoms with Gasteiger partial charge in [0.05, 0.1) is 11.2 Å². The van der Waals surface area contributed by atoms with Crippen molar-refractivity contribution in [2.75, 3.05) is 26.7 Å². The first-order chi connectivity index (χ1) is 9.99. The normalized spacial score (nSPS) is 14.2. The maximum atomic E-state index is 12.8. The van der Waals surface area contributed by atoms with E-state index >= 15 is 0 Å². The van der Waals surface area contributed by atoms with E-state index in [0.717, 1.165) is 6.07 Å². The van der Waals surface area contributed by atoms with Gasteiger partial charge in [-0.2, -0.15) is 13.2 Å². The largest absolute Gasteiger partial charge is 0.490 e. The standard InChI is InChI=1S/C15H22F3NO3/c1-14(2,21)10-19(3)8-11(20)9-22-13-7-5-4-6-12(13)15(16,17)18/h4-7,11,20-21H,8-10H2,1-3H3. The van der Waals surface area contributed by atoms with Crippen molar-refractivity contribution in [3.8, 4) is 5.75 Å². The fourth-order valence-electron chi connectivity index (χ4n) is 2.15. The number of benzene rings is 1. The average molecular weight is 321 g/mol.